The second-order valence-corrected chi connectivity index (χ2v) is 5.38. The number of nitrogens with zero attached hydrogens (tertiary/aromatic N) is 2. The molecule has 0 radical (unpaired) electrons. The normalized spacial score (nSPS) is 10.8. The van der Waals surface area contributed by atoms with E-state index in [1.807, 2.05) is 6.07 Å². The van der Waals surface area contributed by atoms with E-state index >= 15 is 0 Å². The lowest BCUT2D eigenvalue weighted by molar-refractivity contribution is 0.703. The molecule has 0 saturated heterocycles. The van der Waals surface area contributed by atoms with Crippen molar-refractivity contribution >= 4 is 0 Å². The first-order valence-corrected chi connectivity index (χ1v) is 7.78. The quantitative estimate of drug-likeness (QED) is 0.794. The van der Waals surface area contributed by atoms with E-state index in [9.17, 15) is 0 Å². The Morgan fingerprint density at radius 3 is 2.19 bits per heavy atom. The number of hydrogen-bond acceptors (Lipinski definition) is 3. The summed E-state index contributed by atoms with van der Waals surface area (Å²) in [6, 6.07) is 10.5. The van der Waals surface area contributed by atoms with Crippen LogP contribution >= 0.6 is 0 Å². The van der Waals surface area contributed by atoms with Gasteiger partial charge in [0.1, 0.15) is 5.82 Å². The van der Waals surface area contributed by atoms with Gasteiger partial charge in [-0.25, -0.2) is 9.97 Å². The summed E-state index contributed by atoms with van der Waals surface area (Å²) in [5.41, 5.74) is 4.89. The Labute approximate surface area is 127 Å². The van der Waals surface area contributed by atoms with Crippen LogP contribution in [-0.4, -0.2) is 23.1 Å². The molecular formula is C18H25N3. The SMILES string of the molecule is CCNCCc1c(C)nc(CCc2ccccc2)nc1C. The van der Waals surface area contributed by atoms with Crippen molar-refractivity contribution in [3.8, 4) is 0 Å². The second-order valence-electron chi connectivity index (χ2n) is 5.38. The van der Waals surface area contributed by atoms with Gasteiger partial charge in [-0.3, -0.25) is 0 Å². The van der Waals surface area contributed by atoms with Crippen LogP contribution in [-0.2, 0) is 19.3 Å². The monoisotopic (exact) mass is 283 g/mol. The molecule has 0 aliphatic carbocycles. The maximum absolute atomic E-state index is 4.69. The Kier molecular flexibility index (Phi) is 5.88. The van der Waals surface area contributed by atoms with Gasteiger partial charge in [-0.15, -0.1) is 0 Å². The van der Waals surface area contributed by atoms with Gasteiger partial charge in [0.15, 0.2) is 0 Å². The molecule has 0 fully saturated rings. The lowest BCUT2D eigenvalue weighted by Gasteiger charge is -2.11. The summed E-state index contributed by atoms with van der Waals surface area (Å²) in [7, 11) is 0. The molecule has 112 valence electrons. The summed E-state index contributed by atoms with van der Waals surface area (Å²) in [4.78, 5) is 9.38. The number of aromatic nitrogens is 2. The van der Waals surface area contributed by atoms with Gasteiger partial charge in [-0.1, -0.05) is 37.3 Å². The van der Waals surface area contributed by atoms with Crippen molar-refractivity contribution in [1.82, 2.24) is 15.3 Å². The predicted octanol–water partition coefficient (Wildman–Crippen LogP) is 3.03. The highest BCUT2D eigenvalue weighted by Crippen LogP contribution is 2.12. The fraction of sp³-hybridized carbons (Fsp3) is 0.444. The van der Waals surface area contributed by atoms with Crippen LogP contribution in [0.25, 0.3) is 0 Å². The van der Waals surface area contributed by atoms with Crippen LogP contribution in [0.3, 0.4) is 0 Å². The molecule has 0 bridgehead atoms. The van der Waals surface area contributed by atoms with Crippen molar-refractivity contribution in [2.75, 3.05) is 13.1 Å². The third-order valence-corrected chi connectivity index (χ3v) is 3.75. The highest BCUT2D eigenvalue weighted by atomic mass is 14.9. The average Bonchev–Trinajstić information content (AvgIpc) is 2.49. The number of hydrogen-bond donors (Lipinski definition) is 1. The Hall–Kier alpha value is -1.74. The molecular weight excluding hydrogens is 258 g/mol. The van der Waals surface area contributed by atoms with Crippen molar-refractivity contribution in [3.63, 3.8) is 0 Å². The smallest absolute Gasteiger partial charge is 0.129 e. The van der Waals surface area contributed by atoms with Gasteiger partial charge in [0.25, 0.3) is 0 Å². The first kappa shape index (κ1) is 15.6. The number of likely N-dealkylation sites (N-methyl/N-ethyl adjacent to an activating group) is 1. The predicted molar refractivity (Wildman–Crippen MR) is 87.6 cm³/mol. The molecule has 2 aromatic rings. The lowest BCUT2D eigenvalue weighted by atomic mass is 10.1. The topological polar surface area (TPSA) is 37.8 Å². The van der Waals surface area contributed by atoms with E-state index in [2.05, 4.69) is 60.3 Å². The molecule has 0 atom stereocenters. The van der Waals surface area contributed by atoms with Crippen LogP contribution in [0.5, 0.6) is 0 Å². The minimum atomic E-state index is 0.902. The van der Waals surface area contributed by atoms with E-state index in [0.717, 1.165) is 49.6 Å². The van der Waals surface area contributed by atoms with Gasteiger partial charge in [-0.2, -0.15) is 0 Å². The van der Waals surface area contributed by atoms with Gasteiger partial charge < -0.3 is 5.32 Å². The number of aryl methyl sites for hydroxylation is 4. The zero-order valence-corrected chi connectivity index (χ0v) is 13.3. The van der Waals surface area contributed by atoms with Crippen LogP contribution in [0, 0.1) is 13.8 Å². The third kappa shape index (κ3) is 4.64. The van der Waals surface area contributed by atoms with Crippen LogP contribution in [0.4, 0.5) is 0 Å². The average molecular weight is 283 g/mol. The minimum Gasteiger partial charge on any atom is -0.317 e. The van der Waals surface area contributed by atoms with Gasteiger partial charge in [0, 0.05) is 17.8 Å². The van der Waals surface area contributed by atoms with E-state index in [1.54, 1.807) is 0 Å². The molecule has 3 nitrogen and oxygen atoms in total. The molecule has 1 heterocycles. The molecule has 2 rings (SSSR count). The zero-order chi connectivity index (χ0) is 15.1. The fourth-order valence-electron chi connectivity index (χ4n) is 2.57. The van der Waals surface area contributed by atoms with Crippen molar-refractivity contribution < 1.29 is 0 Å². The summed E-state index contributed by atoms with van der Waals surface area (Å²) < 4.78 is 0. The van der Waals surface area contributed by atoms with Crippen molar-refractivity contribution in [1.29, 1.82) is 0 Å². The van der Waals surface area contributed by atoms with Crippen molar-refractivity contribution in [2.24, 2.45) is 0 Å². The minimum absolute atomic E-state index is 0.902. The molecule has 0 amide bonds. The van der Waals surface area contributed by atoms with Crippen molar-refractivity contribution in [3.05, 3.63) is 58.7 Å². The maximum atomic E-state index is 4.69. The summed E-state index contributed by atoms with van der Waals surface area (Å²) in [6.07, 6.45) is 2.90. The van der Waals surface area contributed by atoms with Crippen LogP contribution < -0.4 is 5.32 Å². The molecule has 0 aliphatic heterocycles. The third-order valence-electron chi connectivity index (χ3n) is 3.75. The molecule has 1 aromatic heterocycles. The Bertz CT molecular complexity index is 541. The molecule has 0 saturated carbocycles. The fourth-order valence-corrected chi connectivity index (χ4v) is 2.57. The lowest BCUT2D eigenvalue weighted by Crippen LogP contribution is -2.18. The molecule has 21 heavy (non-hydrogen) atoms. The van der Waals surface area contributed by atoms with Crippen LogP contribution in [0.2, 0.25) is 0 Å². The molecule has 3 heteroatoms. The van der Waals surface area contributed by atoms with E-state index < -0.39 is 0 Å². The summed E-state index contributed by atoms with van der Waals surface area (Å²) in [5, 5.41) is 3.36. The van der Waals surface area contributed by atoms with Crippen LogP contribution in [0.1, 0.15) is 35.3 Å². The largest absolute Gasteiger partial charge is 0.317 e. The molecule has 0 aliphatic rings. The standard InChI is InChI=1S/C18H25N3/c1-4-19-13-12-17-14(2)20-18(21-15(17)3)11-10-16-8-6-5-7-9-16/h5-9,19H,4,10-13H2,1-3H3. The molecule has 1 aromatic carbocycles. The molecule has 0 spiro atoms. The zero-order valence-electron chi connectivity index (χ0n) is 13.3. The Balaban J connectivity index is 2.01. The Morgan fingerprint density at radius 2 is 1.57 bits per heavy atom. The van der Waals surface area contributed by atoms with Crippen molar-refractivity contribution in [2.45, 2.75) is 40.0 Å². The van der Waals surface area contributed by atoms with Gasteiger partial charge in [-0.05, 0) is 50.9 Å². The molecule has 1 N–H and O–H groups in total. The van der Waals surface area contributed by atoms with E-state index in [0.29, 0.717) is 0 Å². The van der Waals surface area contributed by atoms with Gasteiger partial charge in [0.2, 0.25) is 0 Å². The number of rotatable bonds is 7. The molecule has 0 unspecified atom stereocenters. The van der Waals surface area contributed by atoms with Gasteiger partial charge in [0.05, 0.1) is 0 Å². The Morgan fingerprint density at radius 1 is 0.905 bits per heavy atom. The highest BCUT2D eigenvalue weighted by Gasteiger charge is 2.08. The van der Waals surface area contributed by atoms with Crippen LogP contribution in [0.15, 0.2) is 30.3 Å². The summed E-state index contributed by atoms with van der Waals surface area (Å²) >= 11 is 0. The summed E-state index contributed by atoms with van der Waals surface area (Å²) in [5.74, 6) is 0.959. The van der Waals surface area contributed by atoms with E-state index in [1.165, 1.54) is 11.1 Å². The van der Waals surface area contributed by atoms with E-state index in [-0.39, 0.29) is 0 Å². The summed E-state index contributed by atoms with van der Waals surface area (Å²) in [6.45, 7) is 8.33. The first-order chi connectivity index (χ1) is 10.2. The number of nitrogens with one attached hydrogen (secondary N) is 1. The van der Waals surface area contributed by atoms with E-state index in [4.69, 9.17) is 0 Å². The highest BCUT2D eigenvalue weighted by molar-refractivity contribution is 5.25. The number of benzene rings is 1. The second kappa shape index (κ2) is 7.89. The first-order valence-electron chi connectivity index (χ1n) is 7.78. The maximum Gasteiger partial charge on any atom is 0.129 e. The van der Waals surface area contributed by atoms with Gasteiger partial charge >= 0.3 is 0 Å².